The minimum Gasteiger partial charge on any atom is -0.481 e. The largest absolute Gasteiger partial charge is 0.481 e. The van der Waals surface area contributed by atoms with Crippen LogP contribution in [0.5, 0.6) is 0 Å². The van der Waals surface area contributed by atoms with Gasteiger partial charge in [0.1, 0.15) is 0 Å². The number of nitrogens with zero attached hydrogens (tertiary/aromatic N) is 2. The zero-order valence-corrected chi connectivity index (χ0v) is 12.2. The Morgan fingerprint density at radius 2 is 1.85 bits per heavy atom. The lowest BCUT2D eigenvalue weighted by atomic mass is 9.66. The highest BCUT2D eigenvalue weighted by Gasteiger charge is 2.39. The van der Waals surface area contributed by atoms with Crippen LogP contribution in [-0.2, 0) is 4.79 Å². The lowest BCUT2D eigenvalue weighted by Crippen LogP contribution is -2.53. The number of piperazine rings is 1. The van der Waals surface area contributed by atoms with E-state index >= 15 is 0 Å². The van der Waals surface area contributed by atoms with Crippen molar-refractivity contribution in [2.24, 2.45) is 5.41 Å². The highest BCUT2D eigenvalue weighted by atomic mass is 16.4. The molecule has 2 amide bonds. The van der Waals surface area contributed by atoms with E-state index in [2.05, 4.69) is 17.1 Å². The zero-order valence-electron chi connectivity index (χ0n) is 12.2. The summed E-state index contributed by atoms with van der Waals surface area (Å²) >= 11 is 0. The van der Waals surface area contributed by atoms with Gasteiger partial charge < -0.3 is 20.2 Å². The maximum absolute atomic E-state index is 12.1. The van der Waals surface area contributed by atoms with Crippen molar-refractivity contribution in [1.82, 2.24) is 15.1 Å². The Morgan fingerprint density at radius 3 is 2.30 bits per heavy atom. The number of rotatable bonds is 5. The molecule has 1 saturated carbocycles. The molecular weight excluding hydrogens is 258 g/mol. The van der Waals surface area contributed by atoms with Crippen molar-refractivity contribution in [3.8, 4) is 0 Å². The Morgan fingerprint density at radius 1 is 1.20 bits per heavy atom. The molecule has 6 nitrogen and oxygen atoms in total. The van der Waals surface area contributed by atoms with Gasteiger partial charge >= 0.3 is 12.0 Å². The Bertz CT molecular complexity index is 361. The van der Waals surface area contributed by atoms with Crippen LogP contribution < -0.4 is 5.32 Å². The lowest BCUT2D eigenvalue weighted by molar-refractivity contribution is -0.141. The molecule has 114 valence electrons. The number of nitrogens with one attached hydrogen (secondary N) is 1. The number of urea groups is 1. The van der Waals surface area contributed by atoms with Gasteiger partial charge in [0.2, 0.25) is 0 Å². The zero-order chi connectivity index (χ0) is 14.6. The number of carbonyl (C=O) groups is 2. The van der Waals surface area contributed by atoms with Gasteiger partial charge in [-0.05, 0) is 24.8 Å². The van der Waals surface area contributed by atoms with Crippen molar-refractivity contribution < 1.29 is 14.7 Å². The van der Waals surface area contributed by atoms with Crippen molar-refractivity contribution in [2.75, 3.05) is 39.3 Å². The minimum atomic E-state index is -0.768. The first kappa shape index (κ1) is 15.1. The molecule has 0 aromatic heterocycles. The van der Waals surface area contributed by atoms with E-state index in [0.29, 0.717) is 6.54 Å². The van der Waals surface area contributed by atoms with Crippen molar-refractivity contribution in [3.63, 3.8) is 0 Å². The summed E-state index contributed by atoms with van der Waals surface area (Å²) in [7, 11) is 0. The van der Waals surface area contributed by atoms with E-state index in [1.807, 2.05) is 4.90 Å². The molecule has 1 saturated heterocycles. The molecule has 0 aromatic rings. The van der Waals surface area contributed by atoms with Crippen molar-refractivity contribution >= 4 is 12.0 Å². The number of aliphatic carboxylic acids is 1. The van der Waals surface area contributed by atoms with Gasteiger partial charge in [-0.1, -0.05) is 13.3 Å². The van der Waals surface area contributed by atoms with Crippen LogP contribution >= 0.6 is 0 Å². The maximum atomic E-state index is 12.1. The van der Waals surface area contributed by atoms with Gasteiger partial charge in [0, 0.05) is 32.7 Å². The van der Waals surface area contributed by atoms with Gasteiger partial charge in [0.05, 0.1) is 6.42 Å². The summed E-state index contributed by atoms with van der Waals surface area (Å²) < 4.78 is 0. The predicted molar refractivity (Wildman–Crippen MR) is 75.6 cm³/mol. The lowest BCUT2D eigenvalue weighted by Gasteiger charge is -2.41. The molecule has 2 fully saturated rings. The molecule has 0 atom stereocenters. The molecule has 0 spiro atoms. The van der Waals surface area contributed by atoms with Crippen molar-refractivity contribution in [3.05, 3.63) is 0 Å². The first-order valence-electron chi connectivity index (χ1n) is 7.52. The topological polar surface area (TPSA) is 72.9 Å². The number of carbonyl (C=O) groups excluding carboxylic acids is 1. The highest BCUT2D eigenvalue weighted by molar-refractivity contribution is 5.74. The van der Waals surface area contributed by atoms with Crippen LogP contribution in [0.2, 0.25) is 0 Å². The van der Waals surface area contributed by atoms with E-state index < -0.39 is 5.97 Å². The predicted octanol–water partition coefficient (Wildman–Crippen LogP) is 0.979. The summed E-state index contributed by atoms with van der Waals surface area (Å²) in [6.45, 7) is 7.00. The van der Waals surface area contributed by atoms with E-state index in [4.69, 9.17) is 5.11 Å². The van der Waals surface area contributed by atoms with Gasteiger partial charge in [-0.15, -0.1) is 0 Å². The fraction of sp³-hybridized carbons (Fsp3) is 0.857. The number of hydrogen-bond donors (Lipinski definition) is 2. The summed E-state index contributed by atoms with van der Waals surface area (Å²) in [5, 5.41) is 11.9. The van der Waals surface area contributed by atoms with E-state index in [1.54, 1.807) is 0 Å². The normalized spacial score (nSPS) is 22.1. The number of carboxylic acids is 1. The molecule has 2 aliphatic rings. The Kier molecular flexibility index (Phi) is 4.86. The molecule has 1 aliphatic carbocycles. The third-order valence-electron chi connectivity index (χ3n) is 4.66. The number of amides is 2. The van der Waals surface area contributed by atoms with Crippen LogP contribution in [0.3, 0.4) is 0 Å². The molecule has 6 heteroatoms. The Labute approximate surface area is 120 Å². The molecule has 0 bridgehead atoms. The van der Waals surface area contributed by atoms with Crippen LogP contribution in [-0.4, -0.2) is 66.2 Å². The van der Waals surface area contributed by atoms with Crippen LogP contribution in [0.1, 0.15) is 32.6 Å². The molecule has 1 heterocycles. The smallest absolute Gasteiger partial charge is 0.317 e. The van der Waals surface area contributed by atoms with Crippen molar-refractivity contribution in [2.45, 2.75) is 32.6 Å². The van der Waals surface area contributed by atoms with E-state index in [9.17, 15) is 9.59 Å². The average Bonchev–Trinajstić information content (AvgIpc) is 2.41. The molecule has 2 rings (SSSR count). The third-order valence-corrected chi connectivity index (χ3v) is 4.66. The van der Waals surface area contributed by atoms with E-state index in [1.165, 1.54) is 0 Å². The van der Waals surface area contributed by atoms with Gasteiger partial charge in [0.15, 0.2) is 0 Å². The highest BCUT2D eigenvalue weighted by Crippen LogP contribution is 2.43. The van der Waals surface area contributed by atoms with Crippen LogP contribution in [0, 0.1) is 5.41 Å². The standard InChI is InChI=1S/C14H25N3O3/c1-2-16-6-8-17(9-7-16)13(20)15-11-14(4-3-5-14)10-12(18)19/h2-11H2,1H3,(H,15,20)(H,18,19). The number of hydrogen-bond acceptors (Lipinski definition) is 3. The Hall–Kier alpha value is -1.30. The van der Waals surface area contributed by atoms with Gasteiger partial charge in [-0.2, -0.15) is 0 Å². The second-order valence-corrected chi connectivity index (χ2v) is 6.00. The monoisotopic (exact) mass is 283 g/mol. The fourth-order valence-electron chi connectivity index (χ4n) is 3.06. The number of likely N-dealkylation sites (N-methyl/N-ethyl adjacent to an activating group) is 1. The molecule has 0 unspecified atom stereocenters. The molecule has 2 N–H and O–H groups in total. The van der Waals surface area contributed by atoms with Crippen LogP contribution in [0.15, 0.2) is 0 Å². The SMILES string of the molecule is CCN1CCN(C(=O)NCC2(CC(=O)O)CCC2)CC1. The first-order chi connectivity index (χ1) is 9.54. The third kappa shape index (κ3) is 3.62. The molecule has 1 aliphatic heterocycles. The molecule has 0 aromatic carbocycles. The number of carboxylic acid groups (broad SMARTS) is 1. The maximum Gasteiger partial charge on any atom is 0.317 e. The van der Waals surface area contributed by atoms with Crippen LogP contribution in [0.25, 0.3) is 0 Å². The first-order valence-corrected chi connectivity index (χ1v) is 7.52. The Balaban J connectivity index is 1.76. The average molecular weight is 283 g/mol. The summed E-state index contributed by atoms with van der Waals surface area (Å²) in [6, 6.07) is -0.0441. The summed E-state index contributed by atoms with van der Waals surface area (Å²) in [4.78, 5) is 27.2. The fourth-order valence-corrected chi connectivity index (χ4v) is 3.06. The molecule has 20 heavy (non-hydrogen) atoms. The quantitative estimate of drug-likeness (QED) is 0.789. The van der Waals surface area contributed by atoms with Gasteiger partial charge in [-0.3, -0.25) is 4.79 Å². The van der Waals surface area contributed by atoms with E-state index in [-0.39, 0.29) is 17.9 Å². The van der Waals surface area contributed by atoms with E-state index in [0.717, 1.165) is 52.0 Å². The van der Waals surface area contributed by atoms with Gasteiger partial charge in [-0.25, -0.2) is 4.79 Å². The molecular formula is C14H25N3O3. The van der Waals surface area contributed by atoms with Gasteiger partial charge in [0.25, 0.3) is 0 Å². The summed E-state index contributed by atoms with van der Waals surface area (Å²) in [5.41, 5.74) is -0.202. The van der Waals surface area contributed by atoms with Crippen LogP contribution in [0.4, 0.5) is 4.79 Å². The van der Waals surface area contributed by atoms with Crippen molar-refractivity contribution in [1.29, 1.82) is 0 Å². The molecule has 0 radical (unpaired) electrons. The summed E-state index contributed by atoms with van der Waals surface area (Å²) in [6.07, 6.45) is 3.04. The summed E-state index contributed by atoms with van der Waals surface area (Å²) in [5.74, 6) is -0.768. The second-order valence-electron chi connectivity index (χ2n) is 6.00. The minimum absolute atomic E-state index is 0.0441. The second kappa shape index (κ2) is 6.43.